The van der Waals surface area contributed by atoms with Gasteiger partial charge in [0.2, 0.25) is 5.88 Å². The summed E-state index contributed by atoms with van der Waals surface area (Å²) in [5.74, 6) is 0.202. The number of halogens is 2. The van der Waals surface area contributed by atoms with E-state index in [1.807, 2.05) is 20.8 Å². The van der Waals surface area contributed by atoms with E-state index in [9.17, 15) is 8.60 Å². The van der Waals surface area contributed by atoms with Crippen LogP contribution >= 0.6 is 11.6 Å². The maximum atomic E-state index is 13.5. The lowest BCUT2D eigenvalue weighted by Gasteiger charge is -2.16. The van der Waals surface area contributed by atoms with Crippen LogP contribution in [0.5, 0.6) is 5.88 Å². The van der Waals surface area contributed by atoms with E-state index in [0.717, 1.165) is 6.20 Å². The first-order valence-electron chi connectivity index (χ1n) is 6.55. The third kappa shape index (κ3) is 5.36. The Morgan fingerprint density at radius 2 is 2.19 bits per heavy atom. The molecule has 0 saturated carbocycles. The summed E-state index contributed by atoms with van der Waals surface area (Å²) < 4.78 is 34.6. The standard InChI is InChI=1S/C14H20ClFN2O2S/c1-14(2,3)21(19)18-12(6-5-7-15)11-8-10(16)9-17-13(11)20-4/h8-9H,5-7H2,1-4H3/t21-/m1/s1. The molecule has 0 bridgehead atoms. The Hall–Kier alpha value is -1.01. The van der Waals surface area contributed by atoms with E-state index >= 15 is 0 Å². The molecular formula is C14H20ClFN2O2S. The van der Waals surface area contributed by atoms with Crippen LogP contribution < -0.4 is 4.74 Å². The molecule has 0 fully saturated rings. The highest BCUT2D eigenvalue weighted by atomic mass is 35.5. The molecule has 0 saturated heterocycles. The molecule has 1 atom stereocenters. The summed E-state index contributed by atoms with van der Waals surface area (Å²) in [6.45, 7) is 5.48. The predicted octanol–water partition coefficient (Wildman–Crippen LogP) is 3.50. The third-order valence-corrected chi connectivity index (χ3v) is 4.29. The van der Waals surface area contributed by atoms with Gasteiger partial charge in [-0.05, 0) is 39.7 Å². The molecule has 0 aliphatic rings. The average Bonchev–Trinajstić information content (AvgIpc) is 2.42. The highest BCUT2D eigenvalue weighted by molar-refractivity contribution is 7.85. The maximum Gasteiger partial charge on any atom is 0.222 e. The normalized spacial score (nSPS) is 14.1. The molecule has 0 spiro atoms. The first kappa shape index (κ1) is 18.0. The quantitative estimate of drug-likeness (QED) is 0.591. The van der Waals surface area contributed by atoms with Crippen LogP contribution in [0.15, 0.2) is 16.7 Å². The van der Waals surface area contributed by atoms with Gasteiger partial charge in [0.25, 0.3) is 0 Å². The molecule has 118 valence electrons. The van der Waals surface area contributed by atoms with Gasteiger partial charge in [-0.3, -0.25) is 0 Å². The van der Waals surface area contributed by atoms with Crippen molar-refractivity contribution in [3.05, 3.63) is 23.6 Å². The number of methoxy groups -OCH3 is 1. The van der Waals surface area contributed by atoms with Gasteiger partial charge in [0.15, 0.2) is 0 Å². The van der Waals surface area contributed by atoms with Gasteiger partial charge in [-0.25, -0.2) is 13.6 Å². The average molecular weight is 335 g/mol. The molecule has 0 amide bonds. The van der Waals surface area contributed by atoms with Gasteiger partial charge in [-0.2, -0.15) is 4.40 Å². The Morgan fingerprint density at radius 3 is 2.71 bits per heavy atom. The van der Waals surface area contributed by atoms with E-state index in [-0.39, 0.29) is 5.88 Å². The summed E-state index contributed by atoms with van der Waals surface area (Å²) in [7, 11) is -0.00109. The Bertz CT molecular complexity index is 544. The second-order valence-corrected chi connectivity index (χ2v) is 7.69. The maximum absolute atomic E-state index is 13.5. The van der Waals surface area contributed by atoms with Crippen molar-refractivity contribution < 1.29 is 13.3 Å². The number of nitrogens with zero attached hydrogens (tertiary/aromatic N) is 2. The van der Waals surface area contributed by atoms with Crippen LogP contribution in [0.25, 0.3) is 0 Å². The Morgan fingerprint density at radius 1 is 1.52 bits per heavy atom. The number of ether oxygens (including phenoxy) is 1. The van der Waals surface area contributed by atoms with Crippen molar-refractivity contribution >= 4 is 28.3 Å². The summed E-state index contributed by atoms with van der Waals surface area (Å²) in [4.78, 5) is 3.89. The molecule has 0 radical (unpaired) electrons. The summed E-state index contributed by atoms with van der Waals surface area (Å²) in [6.07, 6.45) is 2.19. The van der Waals surface area contributed by atoms with Crippen molar-refractivity contribution in [1.82, 2.24) is 4.98 Å². The number of pyridine rings is 1. The molecule has 1 heterocycles. The first-order valence-corrected chi connectivity index (χ1v) is 8.19. The van der Waals surface area contributed by atoms with E-state index in [1.54, 1.807) is 0 Å². The van der Waals surface area contributed by atoms with E-state index in [1.165, 1.54) is 13.2 Å². The van der Waals surface area contributed by atoms with Crippen LogP contribution in [-0.2, 0) is 11.0 Å². The molecule has 0 aliphatic carbocycles. The fourth-order valence-corrected chi connectivity index (χ4v) is 2.29. The largest absolute Gasteiger partial charge is 0.481 e. The van der Waals surface area contributed by atoms with Crippen LogP contribution in [0.3, 0.4) is 0 Å². The topological polar surface area (TPSA) is 51.6 Å². The summed E-state index contributed by atoms with van der Waals surface area (Å²) in [6, 6.07) is 1.29. The molecule has 0 N–H and O–H groups in total. The Kier molecular flexibility index (Phi) is 6.74. The second kappa shape index (κ2) is 7.84. The Labute approximate surface area is 132 Å². The third-order valence-electron chi connectivity index (χ3n) is 2.59. The van der Waals surface area contributed by atoms with Crippen molar-refractivity contribution in [1.29, 1.82) is 0 Å². The zero-order valence-electron chi connectivity index (χ0n) is 12.7. The fraction of sp³-hybridized carbons (Fsp3) is 0.571. The molecule has 0 unspecified atom stereocenters. The van der Waals surface area contributed by atoms with Gasteiger partial charge in [0, 0.05) is 5.88 Å². The van der Waals surface area contributed by atoms with Crippen molar-refractivity contribution in [3.8, 4) is 5.88 Å². The second-order valence-electron chi connectivity index (χ2n) is 5.40. The minimum absolute atomic E-state index is 0.260. The van der Waals surface area contributed by atoms with E-state index < -0.39 is 21.5 Å². The first-order chi connectivity index (χ1) is 9.79. The van der Waals surface area contributed by atoms with Gasteiger partial charge in [-0.1, -0.05) is 0 Å². The summed E-state index contributed by atoms with van der Waals surface area (Å²) >= 11 is 5.71. The van der Waals surface area contributed by atoms with Crippen LogP contribution in [-0.4, -0.2) is 32.6 Å². The van der Waals surface area contributed by atoms with E-state index in [4.69, 9.17) is 16.3 Å². The van der Waals surface area contributed by atoms with Crippen LogP contribution in [0.2, 0.25) is 0 Å². The lowest BCUT2D eigenvalue weighted by molar-refractivity contribution is 0.394. The minimum Gasteiger partial charge on any atom is -0.481 e. The van der Waals surface area contributed by atoms with Crippen molar-refractivity contribution in [2.75, 3.05) is 13.0 Å². The number of hydrogen-bond donors (Lipinski definition) is 0. The number of rotatable bonds is 6. The molecule has 1 aromatic rings. The molecule has 21 heavy (non-hydrogen) atoms. The van der Waals surface area contributed by atoms with Gasteiger partial charge in [-0.15, -0.1) is 11.6 Å². The van der Waals surface area contributed by atoms with Crippen molar-refractivity contribution in [2.45, 2.75) is 38.4 Å². The number of hydrogen-bond acceptors (Lipinski definition) is 3. The molecular weight excluding hydrogens is 315 g/mol. The zero-order chi connectivity index (χ0) is 16.0. The SMILES string of the molecule is COc1ncc(F)cc1C(CCCCl)=N[S@](=O)C(C)(C)C. The van der Waals surface area contributed by atoms with Gasteiger partial charge < -0.3 is 4.74 Å². The summed E-state index contributed by atoms with van der Waals surface area (Å²) in [5.41, 5.74) is 0.910. The predicted molar refractivity (Wildman–Crippen MR) is 85.1 cm³/mol. The molecule has 0 aliphatic heterocycles. The van der Waals surface area contributed by atoms with E-state index in [0.29, 0.717) is 30.0 Å². The van der Waals surface area contributed by atoms with Gasteiger partial charge >= 0.3 is 0 Å². The molecule has 0 aromatic carbocycles. The molecule has 1 aromatic heterocycles. The van der Waals surface area contributed by atoms with Gasteiger partial charge in [0.1, 0.15) is 16.8 Å². The van der Waals surface area contributed by atoms with Crippen molar-refractivity contribution in [3.63, 3.8) is 0 Å². The highest BCUT2D eigenvalue weighted by Gasteiger charge is 2.21. The van der Waals surface area contributed by atoms with Crippen molar-refractivity contribution in [2.24, 2.45) is 4.40 Å². The summed E-state index contributed by atoms with van der Waals surface area (Å²) in [5, 5.41) is 0. The molecule has 1 rings (SSSR count). The lowest BCUT2D eigenvalue weighted by Crippen LogP contribution is -2.21. The minimum atomic E-state index is -1.45. The van der Waals surface area contributed by atoms with Crippen LogP contribution in [0, 0.1) is 5.82 Å². The van der Waals surface area contributed by atoms with Crippen LogP contribution in [0.1, 0.15) is 39.2 Å². The fourth-order valence-electron chi connectivity index (χ4n) is 1.50. The molecule has 4 nitrogen and oxygen atoms in total. The van der Waals surface area contributed by atoms with E-state index in [2.05, 4.69) is 9.38 Å². The molecule has 7 heteroatoms. The lowest BCUT2D eigenvalue weighted by atomic mass is 10.1. The number of alkyl halides is 1. The number of aromatic nitrogens is 1. The highest BCUT2D eigenvalue weighted by Crippen LogP contribution is 2.22. The Balaban J connectivity index is 3.28. The smallest absolute Gasteiger partial charge is 0.222 e. The van der Waals surface area contributed by atoms with Gasteiger partial charge in [0.05, 0.1) is 29.3 Å². The van der Waals surface area contributed by atoms with Crippen LogP contribution in [0.4, 0.5) is 4.39 Å². The zero-order valence-corrected chi connectivity index (χ0v) is 14.2. The monoisotopic (exact) mass is 334 g/mol.